The molecule has 0 bridgehead atoms. The Bertz CT molecular complexity index is 1260. The Kier molecular flexibility index (Phi) is 16.2. The molecule has 2 rings (SSSR count). The Morgan fingerprint density at radius 1 is 0.745 bits per heavy atom. The van der Waals surface area contributed by atoms with E-state index in [1.165, 1.54) is 62.3 Å². The standard InChI is InChI=1S/C31H44N4O12/c1-7-12-42-14-16-44-28(36)26-23(19-46-30(38)33(3)4)32-24(20-47-31(39)34(5)6)27(29(37)45-17-15-43-13-8-2)25(26)21-10-9-11-22(18-21)35(40)41/h9-11,18,25,32H,7-8,12-17,19-20H2,1-6H3. The predicted octanol–water partition coefficient (Wildman–Crippen LogP) is 3.13. The van der Waals surface area contributed by atoms with Crippen molar-refractivity contribution in [3.63, 3.8) is 0 Å². The van der Waals surface area contributed by atoms with Crippen LogP contribution in [-0.2, 0) is 38.0 Å². The number of benzene rings is 1. The van der Waals surface area contributed by atoms with Crippen molar-refractivity contribution in [1.82, 2.24) is 15.1 Å². The molecule has 0 saturated heterocycles. The van der Waals surface area contributed by atoms with Crippen LogP contribution in [0.3, 0.4) is 0 Å². The van der Waals surface area contributed by atoms with Crippen molar-refractivity contribution in [2.75, 3.05) is 81.0 Å². The van der Waals surface area contributed by atoms with Crippen molar-refractivity contribution >= 4 is 29.8 Å². The van der Waals surface area contributed by atoms with E-state index in [1.54, 1.807) is 0 Å². The van der Waals surface area contributed by atoms with Crippen LogP contribution in [0.4, 0.5) is 15.3 Å². The maximum Gasteiger partial charge on any atom is 0.409 e. The normalized spacial score (nSPS) is 13.1. The van der Waals surface area contributed by atoms with Crippen LogP contribution in [-0.4, -0.2) is 120 Å². The van der Waals surface area contributed by atoms with Crippen LogP contribution in [0, 0.1) is 10.1 Å². The number of non-ortho nitro benzene ring substituents is 1. The lowest BCUT2D eigenvalue weighted by Gasteiger charge is -2.32. The molecule has 16 heteroatoms. The summed E-state index contributed by atoms with van der Waals surface area (Å²) in [7, 11) is 5.86. The molecule has 0 atom stereocenters. The summed E-state index contributed by atoms with van der Waals surface area (Å²) in [6.07, 6.45) is 0.0166. The molecule has 16 nitrogen and oxygen atoms in total. The van der Waals surface area contributed by atoms with E-state index >= 15 is 0 Å². The molecular formula is C31H44N4O12. The number of nitro groups is 1. The zero-order valence-electron chi connectivity index (χ0n) is 27.7. The molecule has 2 amide bonds. The van der Waals surface area contributed by atoms with Gasteiger partial charge in [0.2, 0.25) is 0 Å². The van der Waals surface area contributed by atoms with Crippen LogP contribution in [0.2, 0.25) is 0 Å². The second-order valence-electron chi connectivity index (χ2n) is 10.6. The highest BCUT2D eigenvalue weighted by Crippen LogP contribution is 2.40. The van der Waals surface area contributed by atoms with Gasteiger partial charge in [-0.05, 0) is 18.4 Å². The smallest absolute Gasteiger partial charge is 0.409 e. The Balaban J connectivity index is 2.76. The van der Waals surface area contributed by atoms with Gasteiger partial charge in [0.25, 0.3) is 5.69 Å². The third-order valence-electron chi connectivity index (χ3n) is 6.41. The zero-order valence-corrected chi connectivity index (χ0v) is 27.7. The van der Waals surface area contributed by atoms with Gasteiger partial charge in [-0.3, -0.25) is 10.1 Å². The Labute approximate surface area is 273 Å². The topological polar surface area (TPSA) is 185 Å². The highest BCUT2D eigenvalue weighted by atomic mass is 16.6. The van der Waals surface area contributed by atoms with E-state index in [0.29, 0.717) is 13.2 Å². The number of hydrogen-bond acceptors (Lipinski definition) is 13. The summed E-state index contributed by atoms with van der Waals surface area (Å²) in [5.41, 5.74) is -0.529. The Morgan fingerprint density at radius 2 is 1.21 bits per heavy atom. The van der Waals surface area contributed by atoms with Crippen molar-refractivity contribution in [2.45, 2.75) is 32.6 Å². The van der Waals surface area contributed by atoms with E-state index in [-0.39, 0.29) is 60.2 Å². The minimum absolute atomic E-state index is 0.00471. The van der Waals surface area contributed by atoms with Crippen LogP contribution >= 0.6 is 0 Å². The first-order chi connectivity index (χ1) is 22.4. The number of amides is 2. The first-order valence-corrected chi connectivity index (χ1v) is 15.1. The van der Waals surface area contributed by atoms with Crippen LogP contribution in [0.5, 0.6) is 0 Å². The van der Waals surface area contributed by atoms with Crippen molar-refractivity contribution in [1.29, 1.82) is 0 Å². The van der Waals surface area contributed by atoms with Gasteiger partial charge in [-0.15, -0.1) is 0 Å². The molecule has 1 aliphatic rings. The molecule has 1 heterocycles. The van der Waals surface area contributed by atoms with Crippen LogP contribution in [0.15, 0.2) is 46.8 Å². The summed E-state index contributed by atoms with van der Waals surface area (Å²) in [5, 5.41) is 14.7. The van der Waals surface area contributed by atoms with Gasteiger partial charge in [-0.1, -0.05) is 26.0 Å². The minimum atomic E-state index is -1.34. The zero-order chi connectivity index (χ0) is 34.9. The van der Waals surface area contributed by atoms with Gasteiger partial charge in [-0.25, -0.2) is 19.2 Å². The van der Waals surface area contributed by atoms with Crippen molar-refractivity contribution in [3.05, 3.63) is 62.5 Å². The number of esters is 2. The van der Waals surface area contributed by atoms with E-state index in [0.717, 1.165) is 12.8 Å². The fourth-order valence-corrected chi connectivity index (χ4v) is 4.23. The number of nitrogens with zero attached hydrogens (tertiary/aromatic N) is 3. The minimum Gasteiger partial charge on any atom is -0.460 e. The number of nitro benzene ring substituents is 1. The summed E-state index contributed by atoms with van der Waals surface area (Å²) in [6, 6.07) is 5.35. The molecule has 47 heavy (non-hydrogen) atoms. The molecule has 0 unspecified atom stereocenters. The lowest BCUT2D eigenvalue weighted by atomic mass is 9.80. The van der Waals surface area contributed by atoms with E-state index in [4.69, 9.17) is 28.4 Å². The van der Waals surface area contributed by atoms with Gasteiger partial charge >= 0.3 is 24.1 Å². The maximum absolute atomic E-state index is 13.8. The van der Waals surface area contributed by atoms with Gasteiger partial charge in [0.1, 0.15) is 26.4 Å². The fraction of sp³-hybridized carbons (Fsp3) is 0.548. The Morgan fingerprint density at radius 3 is 1.62 bits per heavy atom. The first-order valence-electron chi connectivity index (χ1n) is 15.1. The summed E-state index contributed by atoms with van der Waals surface area (Å²) in [4.78, 5) is 66.0. The third kappa shape index (κ3) is 11.9. The van der Waals surface area contributed by atoms with Gasteiger partial charge in [-0.2, -0.15) is 0 Å². The fourth-order valence-electron chi connectivity index (χ4n) is 4.23. The SMILES string of the molecule is CCCOCCOC(=O)C1=C(COC(=O)N(C)C)NC(COC(=O)N(C)C)=C(C(=O)OCCOCCC)C1c1cccc([N+](=O)[O-])c1. The van der Waals surface area contributed by atoms with Crippen molar-refractivity contribution < 1.29 is 52.5 Å². The molecule has 0 spiro atoms. The summed E-state index contributed by atoms with van der Waals surface area (Å²) in [5.74, 6) is -3.16. The number of carbonyl (C=O) groups excluding carboxylic acids is 4. The summed E-state index contributed by atoms with van der Waals surface area (Å²) in [6.45, 7) is 3.59. The van der Waals surface area contributed by atoms with E-state index in [1.807, 2.05) is 13.8 Å². The average Bonchev–Trinajstić information content (AvgIpc) is 3.04. The molecule has 0 fully saturated rings. The second-order valence-corrected chi connectivity index (χ2v) is 10.6. The summed E-state index contributed by atoms with van der Waals surface area (Å²) >= 11 is 0. The number of nitrogens with one attached hydrogen (secondary N) is 1. The van der Waals surface area contributed by atoms with Crippen LogP contribution in [0.25, 0.3) is 0 Å². The van der Waals surface area contributed by atoms with Gasteiger partial charge in [0.05, 0.1) is 46.6 Å². The number of carbonyl (C=O) groups is 4. The molecular weight excluding hydrogens is 620 g/mol. The molecule has 1 N–H and O–H groups in total. The Hall–Kier alpha value is -4.70. The van der Waals surface area contributed by atoms with Crippen molar-refractivity contribution in [3.8, 4) is 0 Å². The molecule has 0 saturated carbocycles. The van der Waals surface area contributed by atoms with E-state index in [9.17, 15) is 29.3 Å². The number of ether oxygens (including phenoxy) is 6. The lowest BCUT2D eigenvalue weighted by Crippen LogP contribution is -2.38. The van der Waals surface area contributed by atoms with E-state index < -0.39 is 48.2 Å². The predicted molar refractivity (Wildman–Crippen MR) is 167 cm³/mol. The monoisotopic (exact) mass is 664 g/mol. The molecule has 0 aliphatic carbocycles. The maximum atomic E-state index is 13.8. The van der Waals surface area contributed by atoms with Gasteiger partial charge in [0.15, 0.2) is 0 Å². The van der Waals surface area contributed by atoms with Gasteiger partial charge in [0, 0.05) is 53.5 Å². The quantitative estimate of drug-likeness (QED) is 0.0794. The molecule has 1 aromatic carbocycles. The molecule has 0 aromatic heterocycles. The molecule has 1 aromatic rings. The highest BCUT2D eigenvalue weighted by molar-refractivity contribution is 6.00. The van der Waals surface area contributed by atoms with Crippen LogP contribution in [0.1, 0.15) is 38.2 Å². The van der Waals surface area contributed by atoms with Crippen LogP contribution < -0.4 is 5.32 Å². The average molecular weight is 665 g/mol. The number of rotatable bonds is 18. The number of dihydropyridines is 1. The van der Waals surface area contributed by atoms with E-state index in [2.05, 4.69) is 5.32 Å². The molecule has 260 valence electrons. The van der Waals surface area contributed by atoms with Gasteiger partial charge < -0.3 is 43.5 Å². The largest absolute Gasteiger partial charge is 0.460 e. The third-order valence-corrected chi connectivity index (χ3v) is 6.41. The molecule has 1 aliphatic heterocycles. The van der Waals surface area contributed by atoms with Crippen molar-refractivity contribution in [2.24, 2.45) is 0 Å². The summed E-state index contributed by atoms with van der Waals surface area (Å²) < 4.78 is 32.7. The molecule has 0 radical (unpaired) electrons. The first kappa shape index (κ1) is 38.5. The highest BCUT2D eigenvalue weighted by Gasteiger charge is 2.41. The second kappa shape index (κ2) is 19.7. The number of hydrogen-bond donors (Lipinski definition) is 1. The lowest BCUT2D eigenvalue weighted by molar-refractivity contribution is -0.384.